The Labute approximate surface area is 95.6 Å². The molecular weight excluding hydrogens is 214 g/mol. The van der Waals surface area contributed by atoms with Crippen LogP contribution in [0.15, 0.2) is 12.4 Å². The Morgan fingerprint density at radius 2 is 2.47 bits per heavy atom. The van der Waals surface area contributed by atoms with Crippen molar-refractivity contribution in [3.8, 4) is 0 Å². The van der Waals surface area contributed by atoms with E-state index in [1.165, 1.54) is 5.56 Å². The minimum Gasteiger partial charge on any atom is -0.383 e. The monoisotopic (exact) mass is 231 g/mol. The summed E-state index contributed by atoms with van der Waals surface area (Å²) in [5.74, 6) is 0. The van der Waals surface area contributed by atoms with E-state index in [-0.39, 0.29) is 5.38 Å². The second-order valence-electron chi connectivity index (χ2n) is 3.54. The number of nitrogens with zero attached hydrogens (tertiary/aromatic N) is 2. The van der Waals surface area contributed by atoms with Crippen LogP contribution in [0, 0.1) is 0 Å². The highest BCUT2D eigenvalue weighted by atomic mass is 35.5. The van der Waals surface area contributed by atoms with Gasteiger partial charge in [0.15, 0.2) is 0 Å². The number of halogens is 1. The molecule has 1 aromatic rings. The van der Waals surface area contributed by atoms with Gasteiger partial charge in [-0.2, -0.15) is 5.10 Å². The fourth-order valence-corrected chi connectivity index (χ4v) is 1.55. The summed E-state index contributed by atoms with van der Waals surface area (Å²) >= 11 is 5.99. The molecule has 15 heavy (non-hydrogen) atoms. The Balaban J connectivity index is 2.06. The molecule has 1 N–H and O–H groups in total. The Morgan fingerprint density at radius 1 is 1.67 bits per heavy atom. The normalized spacial score (nSPS) is 13.0. The number of aromatic nitrogens is 2. The summed E-state index contributed by atoms with van der Waals surface area (Å²) in [4.78, 5) is 0. The molecule has 0 saturated carbocycles. The number of nitrogens with one attached hydrogen (secondary N) is 1. The molecule has 0 radical (unpaired) electrons. The van der Waals surface area contributed by atoms with E-state index in [0.29, 0.717) is 6.61 Å². The molecule has 1 atom stereocenters. The lowest BCUT2D eigenvalue weighted by molar-refractivity contribution is 0.195. The van der Waals surface area contributed by atoms with E-state index in [0.717, 1.165) is 19.5 Å². The first-order chi connectivity index (χ1) is 7.22. The molecule has 0 aliphatic rings. The van der Waals surface area contributed by atoms with Crippen LogP contribution in [0.25, 0.3) is 0 Å². The van der Waals surface area contributed by atoms with Gasteiger partial charge >= 0.3 is 0 Å². The number of hydrogen-bond acceptors (Lipinski definition) is 3. The zero-order valence-corrected chi connectivity index (χ0v) is 10.00. The summed E-state index contributed by atoms with van der Waals surface area (Å²) in [6.07, 6.45) is 4.77. The predicted octanol–water partition coefficient (Wildman–Crippen LogP) is 1.15. The predicted molar refractivity (Wildman–Crippen MR) is 61.0 cm³/mol. The average Bonchev–Trinajstić information content (AvgIpc) is 2.60. The van der Waals surface area contributed by atoms with Crippen molar-refractivity contribution >= 4 is 11.6 Å². The average molecular weight is 232 g/mol. The van der Waals surface area contributed by atoms with Crippen LogP contribution in [0.1, 0.15) is 12.0 Å². The van der Waals surface area contributed by atoms with E-state index in [1.54, 1.807) is 11.8 Å². The Hall–Kier alpha value is -0.580. The third-order valence-electron chi connectivity index (χ3n) is 2.07. The van der Waals surface area contributed by atoms with Crippen molar-refractivity contribution < 1.29 is 4.74 Å². The van der Waals surface area contributed by atoms with Crippen molar-refractivity contribution in [2.75, 3.05) is 20.3 Å². The third-order valence-corrected chi connectivity index (χ3v) is 2.41. The van der Waals surface area contributed by atoms with Crippen LogP contribution in [0.2, 0.25) is 0 Å². The third kappa shape index (κ3) is 5.16. The molecule has 1 aromatic heterocycles. The molecule has 0 saturated heterocycles. The molecular formula is C10H18ClN3O. The van der Waals surface area contributed by atoms with E-state index in [2.05, 4.69) is 10.4 Å². The number of alkyl halides is 1. The molecule has 5 heteroatoms. The van der Waals surface area contributed by atoms with Gasteiger partial charge < -0.3 is 10.1 Å². The SMILES string of the molecule is COCC(Cl)CCNCc1cnn(C)c1. The topological polar surface area (TPSA) is 39.1 Å². The van der Waals surface area contributed by atoms with Gasteiger partial charge in [-0.1, -0.05) is 0 Å². The van der Waals surface area contributed by atoms with Crippen molar-refractivity contribution in [3.05, 3.63) is 18.0 Å². The Bertz CT molecular complexity index is 277. The van der Waals surface area contributed by atoms with Gasteiger partial charge in [-0.05, 0) is 13.0 Å². The van der Waals surface area contributed by atoms with Crippen LogP contribution >= 0.6 is 11.6 Å². The van der Waals surface area contributed by atoms with E-state index in [1.807, 2.05) is 19.4 Å². The number of ether oxygens (including phenoxy) is 1. The van der Waals surface area contributed by atoms with Gasteiger partial charge in [0.1, 0.15) is 0 Å². The maximum Gasteiger partial charge on any atom is 0.0626 e. The van der Waals surface area contributed by atoms with Gasteiger partial charge in [-0.15, -0.1) is 11.6 Å². The number of hydrogen-bond donors (Lipinski definition) is 1. The Morgan fingerprint density at radius 3 is 3.07 bits per heavy atom. The van der Waals surface area contributed by atoms with E-state index >= 15 is 0 Å². The molecule has 0 fully saturated rings. The fourth-order valence-electron chi connectivity index (χ4n) is 1.32. The van der Waals surface area contributed by atoms with Crippen LogP contribution in [0.5, 0.6) is 0 Å². The zero-order valence-electron chi connectivity index (χ0n) is 9.24. The lowest BCUT2D eigenvalue weighted by Gasteiger charge is -2.08. The molecule has 1 rings (SSSR count). The molecule has 0 aliphatic carbocycles. The first-order valence-electron chi connectivity index (χ1n) is 5.03. The lowest BCUT2D eigenvalue weighted by atomic mass is 10.3. The summed E-state index contributed by atoms with van der Waals surface area (Å²) in [6, 6.07) is 0. The zero-order chi connectivity index (χ0) is 11.1. The first kappa shape index (κ1) is 12.5. The maximum atomic E-state index is 5.99. The molecule has 0 spiro atoms. The highest BCUT2D eigenvalue weighted by molar-refractivity contribution is 6.20. The maximum absolute atomic E-state index is 5.99. The number of methoxy groups -OCH3 is 1. The van der Waals surface area contributed by atoms with Crippen molar-refractivity contribution in [3.63, 3.8) is 0 Å². The van der Waals surface area contributed by atoms with Gasteiger partial charge in [0.05, 0.1) is 18.2 Å². The van der Waals surface area contributed by atoms with Gasteiger partial charge in [0, 0.05) is 32.5 Å². The van der Waals surface area contributed by atoms with Crippen LogP contribution in [0.3, 0.4) is 0 Å². The van der Waals surface area contributed by atoms with E-state index in [4.69, 9.17) is 16.3 Å². The van der Waals surface area contributed by atoms with Crippen molar-refractivity contribution in [1.29, 1.82) is 0 Å². The molecule has 0 amide bonds. The largest absolute Gasteiger partial charge is 0.383 e. The standard InChI is InChI=1S/C10H18ClN3O/c1-14-7-9(6-13-14)5-12-4-3-10(11)8-15-2/h6-7,10,12H,3-5,8H2,1-2H3. The van der Waals surface area contributed by atoms with Crippen molar-refractivity contribution in [2.45, 2.75) is 18.3 Å². The second-order valence-corrected chi connectivity index (χ2v) is 4.16. The van der Waals surface area contributed by atoms with Crippen LogP contribution in [-0.4, -0.2) is 35.4 Å². The molecule has 1 heterocycles. The number of rotatable bonds is 7. The van der Waals surface area contributed by atoms with Crippen molar-refractivity contribution in [2.24, 2.45) is 7.05 Å². The van der Waals surface area contributed by atoms with Crippen LogP contribution in [0.4, 0.5) is 0 Å². The molecule has 0 aliphatic heterocycles. The number of aryl methyl sites for hydroxylation is 1. The lowest BCUT2D eigenvalue weighted by Crippen LogP contribution is -2.19. The highest BCUT2D eigenvalue weighted by Gasteiger charge is 2.02. The summed E-state index contributed by atoms with van der Waals surface area (Å²) in [5.41, 5.74) is 1.19. The minimum absolute atomic E-state index is 0.0939. The van der Waals surface area contributed by atoms with Crippen LogP contribution in [-0.2, 0) is 18.3 Å². The molecule has 0 bridgehead atoms. The van der Waals surface area contributed by atoms with Crippen molar-refractivity contribution in [1.82, 2.24) is 15.1 Å². The van der Waals surface area contributed by atoms with Gasteiger partial charge in [-0.25, -0.2) is 0 Å². The molecule has 4 nitrogen and oxygen atoms in total. The highest BCUT2D eigenvalue weighted by Crippen LogP contribution is 2.01. The van der Waals surface area contributed by atoms with E-state index < -0.39 is 0 Å². The molecule has 86 valence electrons. The summed E-state index contributed by atoms with van der Waals surface area (Å²) in [5, 5.41) is 7.50. The van der Waals surface area contributed by atoms with E-state index in [9.17, 15) is 0 Å². The molecule has 1 unspecified atom stereocenters. The van der Waals surface area contributed by atoms with Gasteiger partial charge in [-0.3, -0.25) is 4.68 Å². The first-order valence-corrected chi connectivity index (χ1v) is 5.47. The molecule has 0 aromatic carbocycles. The summed E-state index contributed by atoms with van der Waals surface area (Å²) < 4.78 is 6.75. The van der Waals surface area contributed by atoms with Crippen LogP contribution < -0.4 is 5.32 Å². The minimum atomic E-state index is 0.0939. The summed E-state index contributed by atoms with van der Waals surface area (Å²) in [7, 11) is 3.58. The van der Waals surface area contributed by atoms with Gasteiger partial charge in [0.2, 0.25) is 0 Å². The Kier molecular flexibility index (Phi) is 5.68. The smallest absolute Gasteiger partial charge is 0.0626 e. The van der Waals surface area contributed by atoms with Gasteiger partial charge in [0.25, 0.3) is 0 Å². The quantitative estimate of drug-likeness (QED) is 0.565. The second kappa shape index (κ2) is 6.82. The fraction of sp³-hybridized carbons (Fsp3) is 0.700. The summed E-state index contributed by atoms with van der Waals surface area (Å²) in [6.45, 7) is 2.34.